The van der Waals surface area contributed by atoms with Crippen LogP contribution in [0.1, 0.15) is 116 Å². The second-order valence-corrected chi connectivity index (χ2v) is 32.0. The number of nitrogens with zero attached hydrogens (tertiary/aromatic N) is 4. The van der Waals surface area contributed by atoms with Gasteiger partial charge < -0.3 is 66.5 Å². The molecule has 6 heterocycles. The molecule has 3 N–H and O–H groups in total. The summed E-state index contributed by atoms with van der Waals surface area (Å²) in [7, 11) is 5.47. The molecule has 1 amide bonds. The van der Waals surface area contributed by atoms with Crippen LogP contribution in [0.4, 0.5) is 0 Å². The van der Waals surface area contributed by atoms with Crippen LogP contribution in [0.3, 0.4) is 0 Å². The van der Waals surface area contributed by atoms with Gasteiger partial charge in [0.05, 0.1) is 55.3 Å². The normalized spacial score (nSPS) is 16.1. The van der Waals surface area contributed by atoms with E-state index in [0.29, 0.717) is 84.5 Å². The van der Waals surface area contributed by atoms with Crippen molar-refractivity contribution in [3.8, 4) is 51.7 Å². The number of ether oxygens (including phenoxy) is 7. The first-order valence-electron chi connectivity index (χ1n) is 35.8. The van der Waals surface area contributed by atoms with Crippen molar-refractivity contribution in [2.75, 3.05) is 97.6 Å². The predicted octanol–water partition coefficient (Wildman–Crippen LogP) is 8.65. The maximum Gasteiger partial charge on any atom is 1.00 e. The van der Waals surface area contributed by atoms with Gasteiger partial charge in [-0.1, -0.05) is 72.8 Å². The summed E-state index contributed by atoms with van der Waals surface area (Å²) in [5.41, 5.74) is 12.7. The van der Waals surface area contributed by atoms with Crippen molar-refractivity contribution < 1.29 is 125 Å². The third-order valence-electron chi connectivity index (χ3n) is 20.7. The number of carboxylic acid groups (broad SMARTS) is 1. The number of carboxylic acids is 1. The first-order chi connectivity index (χ1) is 53.3. The predicted molar refractivity (Wildman–Crippen MR) is 423 cm³/mol. The number of carbonyl (C=O) groups excluding carboxylic acids is 2. The van der Waals surface area contributed by atoms with Crippen molar-refractivity contribution in [3.05, 3.63) is 247 Å². The minimum Gasteiger partial charge on any atom is -0.870 e. The van der Waals surface area contributed by atoms with Crippen molar-refractivity contribution in [2.45, 2.75) is 91.0 Å². The number of nitrogens with one attached hydrogen (secondary N) is 1. The number of carbonyl (C=O) groups is 3. The van der Waals surface area contributed by atoms with Crippen LogP contribution in [-0.4, -0.2) is 171 Å². The van der Waals surface area contributed by atoms with E-state index in [2.05, 4.69) is 20.0 Å². The Balaban J connectivity index is 0.000000190. The van der Waals surface area contributed by atoms with Crippen LogP contribution in [0.15, 0.2) is 178 Å². The van der Waals surface area contributed by atoms with E-state index in [1.807, 2.05) is 62.6 Å². The van der Waals surface area contributed by atoms with E-state index in [1.165, 1.54) is 71.9 Å². The molecular weight excluding hydrogens is 1560 g/mol. The second kappa shape index (κ2) is 37.9. The molecule has 0 bridgehead atoms. The Hall–Kier alpha value is -9.47. The van der Waals surface area contributed by atoms with Gasteiger partial charge in [0, 0.05) is 88.2 Å². The fourth-order valence-electron chi connectivity index (χ4n) is 15.2. The summed E-state index contributed by atoms with van der Waals surface area (Å²) in [5.74, 6) is 1.55. The molecule has 0 spiro atoms. The zero-order valence-corrected chi connectivity index (χ0v) is 70.6. The first kappa shape index (κ1) is 88.5. The van der Waals surface area contributed by atoms with E-state index in [9.17, 15) is 44.7 Å². The smallest absolute Gasteiger partial charge is 0.870 e. The Bertz CT molecular complexity index is 5360. The average molecular weight is 1650 g/mol. The molecule has 6 aliphatic heterocycles. The minimum atomic E-state index is -4.06. The van der Waals surface area contributed by atoms with E-state index in [0.717, 1.165) is 106 Å². The summed E-state index contributed by atoms with van der Waals surface area (Å²) in [4.78, 5) is 45.7. The van der Waals surface area contributed by atoms with Gasteiger partial charge in [-0.2, -0.15) is 25.3 Å². The van der Waals surface area contributed by atoms with Gasteiger partial charge in [-0.05, 0) is 194 Å². The molecule has 0 fully saturated rings. The zero-order valence-electron chi connectivity index (χ0n) is 65.4. The molecule has 31 heteroatoms. The van der Waals surface area contributed by atoms with Crippen molar-refractivity contribution in [3.63, 3.8) is 0 Å². The maximum atomic E-state index is 13.1. The monoisotopic (exact) mass is 1650 g/mol. The van der Waals surface area contributed by atoms with Gasteiger partial charge in [0.25, 0.3) is 5.91 Å². The summed E-state index contributed by atoms with van der Waals surface area (Å²) >= 11 is 0. The molecule has 0 aliphatic carbocycles. The van der Waals surface area contributed by atoms with E-state index in [-0.39, 0.29) is 109 Å². The van der Waals surface area contributed by atoms with E-state index in [4.69, 9.17) is 45.7 Å². The van der Waals surface area contributed by atoms with Crippen LogP contribution in [-0.2, 0) is 93.3 Å². The Morgan fingerprint density at radius 1 is 0.412 bits per heavy atom. The topological polar surface area (TPSA) is 321 Å². The Morgan fingerprint density at radius 3 is 0.974 bits per heavy atom. The number of halogens is 1. The maximum absolute atomic E-state index is 13.1. The van der Waals surface area contributed by atoms with Crippen LogP contribution < -0.4 is 75.8 Å². The molecule has 26 nitrogen and oxygen atoms in total. The first-order valence-corrected chi connectivity index (χ1v) is 40.1. The van der Waals surface area contributed by atoms with Crippen LogP contribution >= 0.6 is 12.4 Å². The number of esters is 1. The minimum absolute atomic E-state index is 0. The molecule has 600 valence electrons. The largest absolute Gasteiger partial charge is 1.00 e. The molecular formula is C83H91ClN5NaO21S3. The van der Waals surface area contributed by atoms with Crippen LogP contribution in [0, 0.1) is 0 Å². The number of rotatable bonds is 18. The number of methoxy groups -OCH3 is 7. The average Bonchev–Trinajstić information content (AvgIpc) is 0.754. The molecule has 6 aliphatic rings. The van der Waals surface area contributed by atoms with Gasteiger partial charge in [0.1, 0.15) is 43.1 Å². The molecule has 0 radical (unpaired) electrons. The van der Waals surface area contributed by atoms with Gasteiger partial charge in [0.2, 0.25) is 0 Å². The summed E-state index contributed by atoms with van der Waals surface area (Å²) in [6.45, 7) is 3.71. The summed E-state index contributed by atoms with van der Waals surface area (Å²) < 4.78 is 133. The van der Waals surface area contributed by atoms with Gasteiger partial charge in [-0.3, -0.25) is 19.5 Å². The molecule has 9 aromatic carbocycles. The van der Waals surface area contributed by atoms with Crippen LogP contribution in [0.25, 0.3) is 0 Å². The number of hydrogen-bond acceptors (Lipinski definition) is 24. The van der Waals surface area contributed by atoms with Crippen molar-refractivity contribution in [2.24, 2.45) is 0 Å². The van der Waals surface area contributed by atoms with Gasteiger partial charge in [-0.25, -0.2) is 9.59 Å². The summed E-state index contributed by atoms with van der Waals surface area (Å²) in [6, 6.07) is 46.5. The van der Waals surface area contributed by atoms with E-state index in [1.54, 1.807) is 112 Å². The molecule has 0 saturated carbocycles. The molecule has 114 heavy (non-hydrogen) atoms. The Morgan fingerprint density at radius 2 is 0.693 bits per heavy atom. The van der Waals surface area contributed by atoms with E-state index >= 15 is 0 Å². The van der Waals surface area contributed by atoms with Crippen LogP contribution in [0.5, 0.6) is 51.7 Å². The SMILES string of the molecule is CNC.COC(=O)c1cc2c(cc1OC)CCN1Cc3c(ccc(OC)c3OS(=O)(=O)c3ccccc3)CC21.COc1cc2c(cc1C(=O)N(C)C)C1Cc3ccc(OC)c(OS(=O)(=O)c4ccccc4)c3CN1CC2.COc1cc2c(cc1C(=O)O)C1Cc3ccc(OC)c(OS(=O)(=O)c4ccccc4)c3CN1CC2.Cl.[Na+].[OH-]. The van der Waals surface area contributed by atoms with Crippen LogP contribution in [0.2, 0.25) is 0 Å². The quantitative estimate of drug-likeness (QED) is 0.0461. The number of amides is 1. The zero-order chi connectivity index (χ0) is 79.2. The molecule has 9 aromatic rings. The van der Waals surface area contributed by atoms with Gasteiger partial charge in [-0.15, -0.1) is 12.4 Å². The fourth-order valence-corrected chi connectivity index (χ4v) is 18.2. The number of aromatic carboxylic acids is 1. The third kappa shape index (κ3) is 18.4. The molecule has 0 saturated heterocycles. The summed E-state index contributed by atoms with van der Waals surface area (Å²) in [6.07, 6.45) is 4.13. The number of hydrogen-bond donors (Lipinski definition) is 2. The fraction of sp³-hybridized carbons (Fsp3) is 0.313. The van der Waals surface area contributed by atoms with Gasteiger partial charge in [0.15, 0.2) is 34.5 Å². The molecule has 3 atom stereocenters. The Kier molecular flexibility index (Phi) is 29.4. The molecule has 3 unspecified atom stereocenters. The third-order valence-corrected chi connectivity index (χ3v) is 24.4. The van der Waals surface area contributed by atoms with Crippen molar-refractivity contribution in [1.29, 1.82) is 0 Å². The van der Waals surface area contributed by atoms with Gasteiger partial charge >= 0.3 is 71.9 Å². The van der Waals surface area contributed by atoms with Crippen molar-refractivity contribution in [1.82, 2.24) is 24.9 Å². The number of fused-ring (bicyclic) bond motifs is 12. The standard InChI is InChI=1S/C28H30N2O6S.C27H27NO7S.C26H25NO7S.C2H7N.ClH.Na.H2O/c1-29(2)28(31)22-16-21-19(15-26(22)35-4)12-13-30-17-23-18(14-24(21)30)10-11-25(34-3)27(23)36-37(32,33)20-8-6-5-7-9-20;1-32-24-10-9-17-13-23-20-15-21(27(29)34-3)25(33-2)14-18(20)11-12-28(23)16-22(17)26(24)35-36(30,31)19-7-5-4-6-8-19;1-32-23-9-8-16-12-22-19-14-20(26(28)29)24(33-2)13-17(19)10-11-27(22)15-21(16)25(23)34-35(30,31)18-6-4-3-5-7-18;1-3-2;;;/h5-11,15-16,24H,12-14,17H2,1-4H3;4-10,14-15,23H,11-13,16H2,1-3H3;3-9,13-14,22H,10-12,15H2,1-2H3,(H,28,29);3H,1-2H3;1H;;1H2/q;;;;;+1;/p-1. The molecule has 0 aromatic heterocycles. The second-order valence-electron chi connectivity index (χ2n) is 27.3. The Labute approximate surface area is 693 Å². The number of benzene rings is 9. The molecule has 15 rings (SSSR count). The summed E-state index contributed by atoms with van der Waals surface area (Å²) in [5, 5.41) is 12.4. The van der Waals surface area contributed by atoms with Crippen molar-refractivity contribution >= 4 is 60.6 Å². The van der Waals surface area contributed by atoms with E-state index < -0.39 is 42.3 Å².